The fraction of sp³-hybridized carbons (Fsp3) is 0.143. The summed E-state index contributed by atoms with van der Waals surface area (Å²) in [5.41, 5.74) is 8.43. The Morgan fingerprint density at radius 2 is 2.06 bits per heavy atom. The number of hydrogen-bond donors (Lipinski definition) is 2. The molecule has 0 aliphatic rings. The second-order valence-electron chi connectivity index (χ2n) is 3.94. The van der Waals surface area contributed by atoms with E-state index >= 15 is 0 Å². The molecule has 2 aromatic rings. The average Bonchev–Trinajstić information content (AvgIpc) is 2.37. The van der Waals surface area contributed by atoms with E-state index in [0.717, 1.165) is 22.0 Å². The molecule has 0 spiro atoms. The molecule has 0 saturated heterocycles. The highest BCUT2D eigenvalue weighted by atomic mass is 35.5. The van der Waals surface area contributed by atoms with Crippen LogP contribution in [-0.2, 0) is 6.54 Å². The standard InChI is InChI=1S/C14H15ClN2O/c1-18-14-6-5-12(16)8-13(14)17-9-10-3-2-4-11(15)7-10/h2-8,17H,9,16H2,1H3. The number of nitrogen functional groups attached to an aromatic ring is 1. The molecule has 0 heterocycles. The van der Waals surface area contributed by atoms with E-state index in [1.807, 2.05) is 42.5 Å². The predicted molar refractivity (Wildman–Crippen MR) is 76.2 cm³/mol. The molecule has 0 bridgehead atoms. The quantitative estimate of drug-likeness (QED) is 0.829. The van der Waals surface area contributed by atoms with Crippen LogP contribution in [0.15, 0.2) is 42.5 Å². The van der Waals surface area contributed by atoms with Crippen LogP contribution in [0.1, 0.15) is 5.56 Å². The summed E-state index contributed by atoms with van der Waals surface area (Å²) in [5.74, 6) is 0.770. The summed E-state index contributed by atoms with van der Waals surface area (Å²) in [5, 5.41) is 4.02. The van der Waals surface area contributed by atoms with Crippen LogP contribution >= 0.6 is 11.6 Å². The zero-order valence-electron chi connectivity index (χ0n) is 10.1. The Morgan fingerprint density at radius 3 is 2.78 bits per heavy atom. The Bertz CT molecular complexity index is 543. The molecule has 0 aliphatic carbocycles. The van der Waals surface area contributed by atoms with Crippen LogP contribution < -0.4 is 15.8 Å². The summed E-state index contributed by atoms with van der Waals surface area (Å²) in [6.45, 7) is 0.667. The molecular weight excluding hydrogens is 248 g/mol. The van der Waals surface area contributed by atoms with Crippen LogP contribution in [-0.4, -0.2) is 7.11 Å². The van der Waals surface area contributed by atoms with Gasteiger partial charge in [-0.2, -0.15) is 0 Å². The van der Waals surface area contributed by atoms with Crippen molar-refractivity contribution < 1.29 is 4.74 Å². The van der Waals surface area contributed by atoms with Crippen molar-refractivity contribution in [3.05, 3.63) is 53.1 Å². The van der Waals surface area contributed by atoms with Crippen LogP contribution in [0.5, 0.6) is 5.75 Å². The highest BCUT2D eigenvalue weighted by molar-refractivity contribution is 6.30. The van der Waals surface area contributed by atoms with Gasteiger partial charge in [0.25, 0.3) is 0 Å². The molecular formula is C14H15ClN2O. The molecule has 0 radical (unpaired) electrons. The summed E-state index contributed by atoms with van der Waals surface area (Å²) < 4.78 is 5.27. The van der Waals surface area contributed by atoms with Gasteiger partial charge in [-0.05, 0) is 35.9 Å². The third kappa shape index (κ3) is 3.08. The molecule has 2 aromatic carbocycles. The van der Waals surface area contributed by atoms with E-state index in [1.54, 1.807) is 7.11 Å². The van der Waals surface area contributed by atoms with Gasteiger partial charge in [-0.15, -0.1) is 0 Å². The Kier molecular flexibility index (Phi) is 3.95. The molecule has 3 nitrogen and oxygen atoms in total. The molecule has 0 saturated carbocycles. The monoisotopic (exact) mass is 262 g/mol. The maximum atomic E-state index is 5.94. The minimum absolute atomic E-state index is 0.667. The molecule has 0 aliphatic heterocycles. The third-order valence-electron chi connectivity index (χ3n) is 2.60. The Morgan fingerprint density at radius 1 is 1.22 bits per heavy atom. The number of methoxy groups -OCH3 is 1. The molecule has 18 heavy (non-hydrogen) atoms. The summed E-state index contributed by atoms with van der Waals surface area (Å²) >= 11 is 5.94. The normalized spacial score (nSPS) is 10.1. The number of benzene rings is 2. The first-order chi connectivity index (χ1) is 8.69. The predicted octanol–water partition coefficient (Wildman–Crippen LogP) is 3.54. The van der Waals surface area contributed by atoms with E-state index in [-0.39, 0.29) is 0 Å². The number of rotatable bonds is 4. The lowest BCUT2D eigenvalue weighted by Crippen LogP contribution is -2.02. The van der Waals surface area contributed by atoms with Crippen molar-refractivity contribution in [1.82, 2.24) is 0 Å². The number of nitrogens with two attached hydrogens (primary N) is 1. The summed E-state index contributed by atoms with van der Waals surface area (Å²) in [6.07, 6.45) is 0. The molecule has 2 rings (SSSR count). The molecule has 0 fully saturated rings. The van der Waals surface area contributed by atoms with Crippen molar-refractivity contribution in [3.8, 4) is 5.75 Å². The highest BCUT2D eigenvalue weighted by Gasteiger charge is 2.03. The lowest BCUT2D eigenvalue weighted by Gasteiger charge is -2.12. The van der Waals surface area contributed by atoms with Crippen molar-refractivity contribution in [2.24, 2.45) is 0 Å². The zero-order chi connectivity index (χ0) is 13.0. The molecule has 4 heteroatoms. The molecule has 0 amide bonds. The highest BCUT2D eigenvalue weighted by Crippen LogP contribution is 2.27. The molecule has 0 unspecified atom stereocenters. The smallest absolute Gasteiger partial charge is 0.142 e. The van der Waals surface area contributed by atoms with Gasteiger partial charge in [0.1, 0.15) is 5.75 Å². The van der Waals surface area contributed by atoms with Crippen LogP contribution in [0, 0.1) is 0 Å². The van der Waals surface area contributed by atoms with Crippen molar-refractivity contribution in [3.63, 3.8) is 0 Å². The van der Waals surface area contributed by atoms with Crippen LogP contribution in [0.4, 0.5) is 11.4 Å². The van der Waals surface area contributed by atoms with Gasteiger partial charge in [0.05, 0.1) is 12.8 Å². The van der Waals surface area contributed by atoms with E-state index in [0.29, 0.717) is 12.2 Å². The minimum Gasteiger partial charge on any atom is -0.495 e. The van der Waals surface area contributed by atoms with E-state index in [4.69, 9.17) is 22.1 Å². The number of nitrogens with one attached hydrogen (secondary N) is 1. The SMILES string of the molecule is COc1ccc(N)cc1NCc1cccc(Cl)c1. The number of halogens is 1. The Balaban J connectivity index is 2.12. The van der Waals surface area contributed by atoms with Gasteiger partial charge < -0.3 is 15.8 Å². The van der Waals surface area contributed by atoms with E-state index in [1.165, 1.54) is 0 Å². The maximum absolute atomic E-state index is 5.94. The molecule has 94 valence electrons. The van der Waals surface area contributed by atoms with Crippen molar-refractivity contribution in [1.29, 1.82) is 0 Å². The van der Waals surface area contributed by atoms with Crippen LogP contribution in [0.2, 0.25) is 5.02 Å². The van der Waals surface area contributed by atoms with Gasteiger partial charge in [0.2, 0.25) is 0 Å². The summed E-state index contributed by atoms with van der Waals surface area (Å²) in [7, 11) is 1.64. The van der Waals surface area contributed by atoms with Crippen LogP contribution in [0.3, 0.4) is 0 Å². The summed E-state index contributed by atoms with van der Waals surface area (Å²) in [4.78, 5) is 0. The van der Waals surface area contributed by atoms with Crippen molar-refractivity contribution in [2.45, 2.75) is 6.54 Å². The largest absolute Gasteiger partial charge is 0.495 e. The number of anilines is 2. The molecule has 3 N–H and O–H groups in total. The second-order valence-corrected chi connectivity index (χ2v) is 4.38. The number of hydrogen-bond acceptors (Lipinski definition) is 3. The lowest BCUT2D eigenvalue weighted by atomic mass is 10.2. The fourth-order valence-electron chi connectivity index (χ4n) is 1.71. The minimum atomic E-state index is 0.667. The first-order valence-corrected chi connectivity index (χ1v) is 5.98. The zero-order valence-corrected chi connectivity index (χ0v) is 10.9. The van der Waals surface area contributed by atoms with E-state index in [9.17, 15) is 0 Å². The Labute approximate surface area is 112 Å². The lowest BCUT2D eigenvalue weighted by molar-refractivity contribution is 0.416. The van der Waals surface area contributed by atoms with Gasteiger partial charge in [-0.25, -0.2) is 0 Å². The van der Waals surface area contributed by atoms with Gasteiger partial charge >= 0.3 is 0 Å². The summed E-state index contributed by atoms with van der Waals surface area (Å²) in [6, 6.07) is 13.2. The average molecular weight is 263 g/mol. The first kappa shape index (κ1) is 12.6. The first-order valence-electron chi connectivity index (χ1n) is 5.61. The van der Waals surface area contributed by atoms with Gasteiger partial charge in [0, 0.05) is 17.3 Å². The van der Waals surface area contributed by atoms with E-state index in [2.05, 4.69) is 5.32 Å². The van der Waals surface area contributed by atoms with Gasteiger partial charge in [-0.1, -0.05) is 23.7 Å². The van der Waals surface area contributed by atoms with Crippen molar-refractivity contribution in [2.75, 3.05) is 18.2 Å². The van der Waals surface area contributed by atoms with Crippen molar-refractivity contribution >= 4 is 23.0 Å². The van der Waals surface area contributed by atoms with Gasteiger partial charge in [-0.3, -0.25) is 0 Å². The van der Waals surface area contributed by atoms with Gasteiger partial charge in [0.15, 0.2) is 0 Å². The Hall–Kier alpha value is -1.87. The maximum Gasteiger partial charge on any atom is 0.142 e. The number of ether oxygens (including phenoxy) is 1. The second kappa shape index (κ2) is 5.65. The third-order valence-corrected chi connectivity index (χ3v) is 2.83. The topological polar surface area (TPSA) is 47.3 Å². The van der Waals surface area contributed by atoms with Crippen LogP contribution in [0.25, 0.3) is 0 Å². The molecule has 0 aromatic heterocycles. The fourth-order valence-corrected chi connectivity index (χ4v) is 1.92. The molecule has 0 atom stereocenters. The van der Waals surface area contributed by atoms with E-state index < -0.39 is 0 Å².